The summed E-state index contributed by atoms with van der Waals surface area (Å²) in [6.45, 7) is 5.26. The summed E-state index contributed by atoms with van der Waals surface area (Å²) in [7, 11) is 0. The number of carbonyl (C=O) groups is 1. The van der Waals surface area contributed by atoms with Crippen LogP contribution in [0.4, 0.5) is 0 Å². The molecule has 0 N–H and O–H groups in total. The number of aryl methyl sites for hydroxylation is 1. The highest BCUT2D eigenvalue weighted by Gasteiger charge is 2.10. The Morgan fingerprint density at radius 1 is 1.82 bits per heavy atom. The normalized spacial score (nSPS) is 9.64. The topological polar surface area (TPSA) is 17.1 Å². The number of rotatable bonds is 2. The van der Waals surface area contributed by atoms with Crippen LogP contribution in [-0.2, 0) is 0 Å². The summed E-state index contributed by atoms with van der Waals surface area (Å²) in [5.74, 6) is -0.104. The van der Waals surface area contributed by atoms with Crippen LogP contribution in [0.5, 0.6) is 0 Å². The van der Waals surface area contributed by atoms with Gasteiger partial charge in [-0.1, -0.05) is 18.2 Å². The van der Waals surface area contributed by atoms with Gasteiger partial charge in [0.2, 0.25) is 0 Å². The number of allylic oxidation sites excluding steroid dienone is 1. The van der Waals surface area contributed by atoms with Gasteiger partial charge < -0.3 is 0 Å². The molecule has 0 aromatic carbocycles. The van der Waals surface area contributed by atoms with Gasteiger partial charge in [-0.05, 0) is 23.9 Å². The molecule has 0 fully saturated rings. The predicted molar refractivity (Wildman–Crippen MR) is 48.6 cm³/mol. The third-order valence-corrected chi connectivity index (χ3v) is 3.02. The molecule has 0 radical (unpaired) electrons. The molecule has 0 saturated heterocycles. The summed E-state index contributed by atoms with van der Waals surface area (Å²) in [6, 6.07) is 0. The zero-order valence-electron chi connectivity index (χ0n) is 6.06. The van der Waals surface area contributed by atoms with Crippen LogP contribution in [0.25, 0.3) is 0 Å². The van der Waals surface area contributed by atoms with E-state index in [-0.39, 0.29) is 5.78 Å². The molecular weight excluding hydrogens is 180 g/mol. The highest BCUT2D eigenvalue weighted by Crippen LogP contribution is 2.27. The minimum absolute atomic E-state index is 0.104. The van der Waals surface area contributed by atoms with Gasteiger partial charge in [0.15, 0.2) is 5.78 Å². The lowest BCUT2D eigenvalue weighted by molar-refractivity contribution is 0.105. The van der Waals surface area contributed by atoms with Crippen molar-refractivity contribution in [2.75, 3.05) is 0 Å². The highest BCUT2D eigenvalue weighted by atomic mass is 35.5. The van der Waals surface area contributed by atoms with Gasteiger partial charge in [0.1, 0.15) is 0 Å². The van der Waals surface area contributed by atoms with E-state index in [4.69, 9.17) is 11.6 Å². The molecule has 1 aromatic heterocycles. The molecule has 0 spiro atoms. The van der Waals surface area contributed by atoms with Crippen molar-refractivity contribution in [3.05, 3.63) is 33.5 Å². The van der Waals surface area contributed by atoms with Gasteiger partial charge in [-0.15, -0.1) is 11.3 Å². The third kappa shape index (κ3) is 1.52. The van der Waals surface area contributed by atoms with Crippen LogP contribution in [-0.4, -0.2) is 5.78 Å². The van der Waals surface area contributed by atoms with Gasteiger partial charge in [-0.3, -0.25) is 4.79 Å². The third-order valence-electron chi connectivity index (χ3n) is 1.31. The lowest BCUT2D eigenvalue weighted by atomic mass is 10.3. The largest absolute Gasteiger partial charge is 0.288 e. The summed E-state index contributed by atoms with van der Waals surface area (Å²) >= 11 is 7.18. The van der Waals surface area contributed by atoms with Gasteiger partial charge in [0.05, 0.1) is 9.90 Å². The molecule has 58 valence electrons. The molecule has 0 bridgehead atoms. The van der Waals surface area contributed by atoms with Crippen molar-refractivity contribution in [1.29, 1.82) is 0 Å². The van der Waals surface area contributed by atoms with Gasteiger partial charge in [0.25, 0.3) is 0 Å². The van der Waals surface area contributed by atoms with Crippen LogP contribution in [0, 0.1) is 6.92 Å². The molecule has 0 amide bonds. The molecule has 0 aliphatic heterocycles. The fourth-order valence-electron chi connectivity index (χ4n) is 0.689. The zero-order valence-corrected chi connectivity index (χ0v) is 7.63. The maximum Gasteiger partial charge on any atom is 0.196 e. The van der Waals surface area contributed by atoms with E-state index >= 15 is 0 Å². The Morgan fingerprint density at radius 2 is 2.45 bits per heavy atom. The second-order valence-electron chi connectivity index (χ2n) is 2.13. The molecule has 1 heterocycles. The summed E-state index contributed by atoms with van der Waals surface area (Å²) in [6.07, 6.45) is 1.27. The van der Waals surface area contributed by atoms with Crippen molar-refractivity contribution in [3.63, 3.8) is 0 Å². The van der Waals surface area contributed by atoms with E-state index in [9.17, 15) is 4.79 Å². The Hall–Kier alpha value is -0.600. The Bertz CT molecular complexity index is 301. The van der Waals surface area contributed by atoms with Crippen molar-refractivity contribution < 1.29 is 4.79 Å². The number of carbonyl (C=O) groups excluding carboxylic acids is 1. The molecule has 11 heavy (non-hydrogen) atoms. The molecule has 0 atom stereocenters. The van der Waals surface area contributed by atoms with E-state index in [0.717, 1.165) is 5.56 Å². The van der Waals surface area contributed by atoms with Gasteiger partial charge in [0, 0.05) is 0 Å². The average Bonchev–Trinajstić information content (AvgIpc) is 2.32. The fourth-order valence-corrected chi connectivity index (χ4v) is 1.91. The van der Waals surface area contributed by atoms with Gasteiger partial charge in [-0.25, -0.2) is 0 Å². The molecular formula is C8H7ClOS. The zero-order chi connectivity index (χ0) is 8.43. The number of ketones is 1. The van der Waals surface area contributed by atoms with E-state index < -0.39 is 0 Å². The standard InChI is InChI=1S/C8H7ClOS/c1-3-6(10)8-7(9)5(2)4-11-8/h3-4H,1H2,2H3. The summed E-state index contributed by atoms with van der Waals surface area (Å²) in [5.41, 5.74) is 0.946. The summed E-state index contributed by atoms with van der Waals surface area (Å²) < 4.78 is 0. The highest BCUT2D eigenvalue weighted by molar-refractivity contribution is 7.13. The first kappa shape index (κ1) is 8.50. The molecule has 3 heteroatoms. The van der Waals surface area contributed by atoms with Crippen molar-refractivity contribution >= 4 is 28.7 Å². The van der Waals surface area contributed by atoms with Crippen molar-refractivity contribution in [3.8, 4) is 0 Å². The first-order chi connectivity index (χ1) is 5.16. The molecule has 0 unspecified atom stereocenters. The van der Waals surface area contributed by atoms with Crippen LogP contribution < -0.4 is 0 Å². The Labute approximate surface area is 74.3 Å². The van der Waals surface area contributed by atoms with Crippen molar-refractivity contribution in [1.82, 2.24) is 0 Å². The second kappa shape index (κ2) is 3.20. The molecule has 0 saturated carbocycles. The lowest BCUT2D eigenvalue weighted by Crippen LogP contribution is -1.89. The summed E-state index contributed by atoms with van der Waals surface area (Å²) in [4.78, 5) is 11.6. The minimum atomic E-state index is -0.104. The number of hydrogen-bond donors (Lipinski definition) is 0. The Balaban J connectivity index is 3.14. The molecule has 1 aromatic rings. The van der Waals surface area contributed by atoms with Gasteiger partial charge >= 0.3 is 0 Å². The molecule has 0 aliphatic carbocycles. The minimum Gasteiger partial charge on any atom is -0.288 e. The maximum absolute atomic E-state index is 11.1. The van der Waals surface area contributed by atoms with Crippen LogP contribution in [0.15, 0.2) is 18.0 Å². The molecule has 1 rings (SSSR count). The number of thiophene rings is 1. The Morgan fingerprint density at radius 3 is 2.82 bits per heavy atom. The fraction of sp³-hybridized carbons (Fsp3) is 0.125. The SMILES string of the molecule is C=CC(=O)c1scc(C)c1Cl. The smallest absolute Gasteiger partial charge is 0.196 e. The molecule has 0 aliphatic rings. The van der Waals surface area contributed by atoms with Gasteiger partial charge in [-0.2, -0.15) is 0 Å². The van der Waals surface area contributed by atoms with Crippen LogP contribution in [0.3, 0.4) is 0 Å². The van der Waals surface area contributed by atoms with E-state index in [1.54, 1.807) is 0 Å². The van der Waals surface area contributed by atoms with Crippen LogP contribution in [0.1, 0.15) is 15.2 Å². The quantitative estimate of drug-likeness (QED) is 0.513. The maximum atomic E-state index is 11.1. The van der Waals surface area contributed by atoms with Crippen molar-refractivity contribution in [2.24, 2.45) is 0 Å². The summed E-state index contributed by atoms with van der Waals surface area (Å²) in [5, 5.41) is 2.42. The van der Waals surface area contributed by atoms with E-state index in [1.165, 1.54) is 17.4 Å². The average molecular weight is 187 g/mol. The number of hydrogen-bond acceptors (Lipinski definition) is 2. The first-order valence-electron chi connectivity index (χ1n) is 3.07. The monoisotopic (exact) mass is 186 g/mol. The Kier molecular flexibility index (Phi) is 2.47. The lowest BCUT2D eigenvalue weighted by Gasteiger charge is -1.89. The van der Waals surface area contributed by atoms with E-state index in [1.807, 2.05) is 12.3 Å². The second-order valence-corrected chi connectivity index (χ2v) is 3.39. The number of halogens is 1. The van der Waals surface area contributed by atoms with Crippen LogP contribution >= 0.6 is 22.9 Å². The van der Waals surface area contributed by atoms with E-state index in [2.05, 4.69) is 6.58 Å². The predicted octanol–water partition coefficient (Wildman–Crippen LogP) is 3.08. The van der Waals surface area contributed by atoms with Crippen LogP contribution in [0.2, 0.25) is 5.02 Å². The van der Waals surface area contributed by atoms with Crippen molar-refractivity contribution in [2.45, 2.75) is 6.92 Å². The molecule has 1 nitrogen and oxygen atoms in total. The first-order valence-corrected chi connectivity index (χ1v) is 4.33. The van der Waals surface area contributed by atoms with E-state index in [0.29, 0.717) is 9.90 Å².